The highest BCUT2D eigenvalue weighted by Crippen LogP contribution is 2.17. The van der Waals surface area contributed by atoms with Gasteiger partial charge in [0.15, 0.2) is 0 Å². The van der Waals surface area contributed by atoms with E-state index in [0.29, 0.717) is 13.0 Å². The van der Waals surface area contributed by atoms with E-state index in [4.69, 9.17) is 11.1 Å². The van der Waals surface area contributed by atoms with Gasteiger partial charge in [-0.15, -0.1) is 0 Å². The highest BCUT2D eigenvalue weighted by atomic mass is 16.5. The Morgan fingerprint density at radius 1 is 1.50 bits per heavy atom. The Labute approximate surface area is 106 Å². The van der Waals surface area contributed by atoms with Crippen LogP contribution in [0.25, 0.3) is 0 Å². The summed E-state index contributed by atoms with van der Waals surface area (Å²) in [5.74, 6) is -0.242. The zero-order valence-corrected chi connectivity index (χ0v) is 10.7. The van der Waals surface area contributed by atoms with Gasteiger partial charge in [0.05, 0.1) is 13.2 Å². The van der Waals surface area contributed by atoms with Crippen molar-refractivity contribution in [3.63, 3.8) is 0 Å². The third-order valence-electron chi connectivity index (χ3n) is 3.04. The molecule has 1 rings (SSSR count). The molecule has 4 N–H and O–H groups in total. The molecule has 7 nitrogen and oxygen atoms in total. The number of nitrogens with one attached hydrogen (secondary N) is 2. The fourth-order valence-electron chi connectivity index (χ4n) is 2.06. The lowest BCUT2D eigenvalue weighted by Gasteiger charge is -2.36. The zero-order chi connectivity index (χ0) is 13.7. The number of hydrogen-bond acceptors (Lipinski definition) is 4. The van der Waals surface area contributed by atoms with Crippen molar-refractivity contribution in [2.75, 3.05) is 13.7 Å². The average molecular weight is 256 g/mol. The second-order valence-electron chi connectivity index (χ2n) is 4.36. The lowest BCUT2D eigenvalue weighted by atomic mass is 10.0. The Morgan fingerprint density at radius 2 is 2.17 bits per heavy atom. The van der Waals surface area contributed by atoms with Gasteiger partial charge in [-0.2, -0.15) is 0 Å². The molecule has 0 bridgehead atoms. The quantitative estimate of drug-likeness (QED) is 0.489. The van der Waals surface area contributed by atoms with E-state index < -0.39 is 12.1 Å². The lowest BCUT2D eigenvalue weighted by Crippen LogP contribution is -2.55. The molecule has 0 aromatic heterocycles. The van der Waals surface area contributed by atoms with Crippen molar-refractivity contribution >= 4 is 17.8 Å². The van der Waals surface area contributed by atoms with Crippen LogP contribution in [0.1, 0.15) is 26.2 Å². The van der Waals surface area contributed by atoms with E-state index in [0.717, 1.165) is 12.8 Å². The van der Waals surface area contributed by atoms with Crippen LogP contribution in [0.15, 0.2) is 0 Å². The molecule has 2 amide bonds. The zero-order valence-electron chi connectivity index (χ0n) is 10.7. The fourth-order valence-corrected chi connectivity index (χ4v) is 2.06. The summed E-state index contributed by atoms with van der Waals surface area (Å²) >= 11 is 0. The Balaban J connectivity index is 2.68. The standard InChI is InChI=1S/C11H20N4O3/c1-7(14-11(17)18-2)10(16)15-6-4-3-5-8(15)9(12)13/h7-8H,3-6H2,1-2H3,(H3,12,13)(H,14,17)/t7-,8-/m0/s1. The summed E-state index contributed by atoms with van der Waals surface area (Å²) in [6.07, 6.45) is 1.89. The van der Waals surface area contributed by atoms with Crippen molar-refractivity contribution in [1.29, 1.82) is 5.41 Å². The predicted octanol–water partition coefficient (Wildman–Crippen LogP) is 0.0480. The van der Waals surface area contributed by atoms with Crippen LogP contribution in [-0.4, -0.2) is 48.5 Å². The summed E-state index contributed by atoms with van der Waals surface area (Å²) in [5.41, 5.74) is 5.50. The molecule has 7 heteroatoms. The molecule has 2 atom stereocenters. The average Bonchev–Trinajstić information content (AvgIpc) is 2.37. The van der Waals surface area contributed by atoms with Crippen LogP contribution < -0.4 is 11.1 Å². The first-order chi connectivity index (χ1) is 8.47. The van der Waals surface area contributed by atoms with E-state index in [-0.39, 0.29) is 17.8 Å². The van der Waals surface area contributed by atoms with Crippen LogP contribution in [0.2, 0.25) is 0 Å². The fraction of sp³-hybridized carbons (Fsp3) is 0.727. The van der Waals surface area contributed by atoms with E-state index in [2.05, 4.69) is 10.1 Å². The largest absolute Gasteiger partial charge is 0.453 e. The highest BCUT2D eigenvalue weighted by Gasteiger charge is 2.31. The molecule has 102 valence electrons. The van der Waals surface area contributed by atoms with E-state index >= 15 is 0 Å². The molecule has 1 aliphatic rings. The Bertz CT molecular complexity index is 345. The number of likely N-dealkylation sites (tertiary alicyclic amines) is 1. The number of amides is 2. The maximum absolute atomic E-state index is 12.2. The first-order valence-electron chi connectivity index (χ1n) is 5.96. The van der Waals surface area contributed by atoms with E-state index in [1.54, 1.807) is 11.8 Å². The van der Waals surface area contributed by atoms with Gasteiger partial charge in [-0.25, -0.2) is 4.79 Å². The monoisotopic (exact) mass is 256 g/mol. The molecule has 0 saturated carbocycles. The van der Waals surface area contributed by atoms with Gasteiger partial charge >= 0.3 is 6.09 Å². The smallest absolute Gasteiger partial charge is 0.407 e. The number of nitrogens with two attached hydrogens (primary N) is 1. The van der Waals surface area contributed by atoms with Crippen LogP contribution in [0.4, 0.5) is 4.79 Å². The van der Waals surface area contributed by atoms with Crippen molar-refractivity contribution in [3.8, 4) is 0 Å². The molecule has 1 aliphatic heterocycles. The van der Waals surface area contributed by atoms with Gasteiger partial charge in [0.25, 0.3) is 0 Å². The number of nitrogens with zero attached hydrogens (tertiary/aromatic N) is 1. The number of amidine groups is 1. The molecule has 1 heterocycles. The maximum atomic E-state index is 12.2. The summed E-state index contributed by atoms with van der Waals surface area (Å²) < 4.78 is 4.44. The molecular weight excluding hydrogens is 236 g/mol. The number of carbonyl (C=O) groups is 2. The second kappa shape index (κ2) is 6.23. The predicted molar refractivity (Wildman–Crippen MR) is 66.3 cm³/mol. The summed E-state index contributed by atoms with van der Waals surface area (Å²) in [6, 6.07) is -1.04. The molecule has 0 aliphatic carbocycles. The second-order valence-corrected chi connectivity index (χ2v) is 4.36. The van der Waals surface area contributed by atoms with E-state index in [1.807, 2.05) is 0 Å². The van der Waals surface area contributed by atoms with Crippen LogP contribution in [-0.2, 0) is 9.53 Å². The van der Waals surface area contributed by atoms with Gasteiger partial charge in [-0.1, -0.05) is 0 Å². The Kier molecular flexibility index (Phi) is 4.94. The molecule has 0 aromatic carbocycles. The third-order valence-corrected chi connectivity index (χ3v) is 3.04. The van der Waals surface area contributed by atoms with Crippen LogP contribution >= 0.6 is 0 Å². The van der Waals surface area contributed by atoms with Gasteiger partial charge in [0, 0.05) is 6.54 Å². The summed E-state index contributed by atoms with van der Waals surface area (Å²) in [6.45, 7) is 2.15. The summed E-state index contributed by atoms with van der Waals surface area (Å²) in [7, 11) is 1.24. The molecule has 1 saturated heterocycles. The first kappa shape index (κ1) is 14.3. The number of methoxy groups -OCH3 is 1. The molecule has 0 radical (unpaired) electrons. The lowest BCUT2D eigenvalue weighted by molar-refractivity contribution is -0.135. The molecule has 0 aromatic rings. The summed E-state index contributed by atoms with van der Waals surface area (Å²) in [4.78, 5) is 24.8. The van der Waals surface area contributed by atoms with Gasteiger partial charge in [-0.05, 0) is 26.2 Å². The van der Waals surface area contributed by atoms with Crippen molar-refractivity contribution in [1.82, 2.24) is 10.2 Å². The molecule has 0 spiro atoms. The topological polar surface area (TPSA) is 109 Å². The van der Waals surface area contributed by atoms with Gasteiger partial charge in [-0.3, -0.25) is 10.2 Å². The minimum absolute atomic E-state index is 0.00619. The first-order valence-corrected chi connectivity index (χ1v) is 5.96. The van der Waals surface area contributed by atoms with Gasteiger partial charge in [0.1, 0.15) is 11.9 Å². The van der Waals surface area contributed by atoms with Gasteiger partial charge < -0.3 is 20.7 Å². The molecule has 18 heavy (non-hydrogen) atoms. The van der Waals surface area contributed by atoms with Crippen LogP contribution in [0, 0.1) is 5.41 Å². The normalized spacial score (nSPS) is 21.0. The van der Waals surface area contributed by atoms with Crippen molar-refractivity contribution in [2.45, 2.75) is 38.3 Å². The van der Waals surface area contributed by atoms with E-state index in [9.17, 15) is 9.59 Å². The number of piperidine rings is 1. The van der Waals surface area contributed by atoms with Crippen molar-refractivity contribution < 1.29 is 14.3 Å². The number of carbonyl (C=O) groups excluding carboxylic acids is 2. The molecule has 0 unspecified atom stereocenters. The highest BCUT2D eigenvalue weighted by molar-refractivity contribution is 5.91. The van der Waals surface area contributed by atoms with Crippen molar-refractivity contribution in [2.24, 2.45) is 5.73 Å². The molecular formula is C11H20N4O3. The number of rotatable bonds is 3. The van der Waals surface area contributed by atoms with Crippen molar-refractivity contribution in [3.05, 3.63) is 0 Å². The minimum Gasteiger partial charge on any atom is -0.453 e. The maximum Gasteiger partial charge on any atom is 0.407 e. The van der Waals surface area contributed by atoms with Crippen LogP contribution in [0.3, 0.4) is 0 Å². The third kappa shape index (κ3) is 3.35. The molecule has 1 fully saturated rings. The van der Waals surface area contributed by atoms with E-state index in [1.165, 1.54) is 7.11 Å². The SMILES string of the molecule is COC(=O)N[C@@H](C)C(=O)N1CCCC[C@H]1C(=N)N. The number of ether oxygens (including phenoxy) is 1. The van der Waals surface area contributed by atoms with Gasteiger partial charge in [0.2, 0.25) is 5.91 Å². The minimum atomic E-state index is -0.683. The number of hydrogen-bond donors (Lipinski definition) is 3. The Morgan fingerprint density at radius 3 is 2.72 bits per heavy atom. The summed E-state index contributed by atoms with van der Waals surface area (Å²) in [5, 5.41) is 9.93. The Hall–Kier alpha value is -1.79. The van der Waals surface area contributed by atoms with Crippen LogP contribution in [0.5, 0.6) is 0 Å². The number of alkyl carbamates (subject to hydrolysis) is 1.